The summed E-state index contributed by atoms with van der Waals surface area (Å²) in [4.78, 5) is 25.8. The number of nitrogens with one attached hydrogen (secondary N) is 2. The van der Waals surface area contributed by atoms with E-state index in [0.29, 0.717) is 0 Å². The summed E-state index contributed by atoms with van der Waals surface area (Å²) < 4.78 is 0. The molecule has 0 spiro atoms. The minimum atomic E-state index is -1.52. The number of carbonyl (C=O) groups excluding carboxylic acids is 2. The van der Waals surface area contributed by atoms with Crippen molar-refractivity contribution in [3.8, 4) is 0 Å². The number of aliphatic hydroxyl groups excluding tert-OH is 1. The van der Waals surface area contributed by atoms with Crippen molar-refractivity contribution in [2.45, 2.75) is 46.8 Å². The average Bonchev–Trinajstić information content (AvgIpc) is 2.29. The van der Waals surface area contributed by atoms with Crippen molar-refractivity contribution in [1.29, 1.82) is 0 Å². The molecule has 2 atom stereocenters. The molecule has 108 valence electrons. The van der Waals surface area contributed by atoms with E-state index in [0.717, 1.165) is 0 Å². The van der Waals surface area contributed by atoms with E-state index in [2.05, 4.69) is 20.9 Å². The summed E-state index contributed by atoms with van der Waals surface area (Å²) in [5, 5.41) is 13.1. The van der Waals surface area contributed by atoms with Gasteiger partial charge in [-0.05, 0) is 11.4 Å². The number of aliphatic hydroxyl groups is 1. The molecule has 0 fully saturated rings. The van der Waals surface area contributed by atoms with E-state index in [-0.39, 0.29) is 5.92 Å². The van der Waals surface area contributed by atoms with E-state index in [9.17, 15) is 14.7 Å². The Hall–Kier alpha value is -1.79. The van der Waals surface area contributed by atoms with E-state index in [1.807, 2.05) is 0 Å². The number of azide groups is 1. The highest BCUT2D eigenvalue weighted by atomic mass is 16.3. The third-order valence-corrected chi connectivity index (χ3v) is 2.44. The molecule has 0 aliphatic heterocycles. The number of carbonyl (C=O) groups is 2. The van der Waals surface area contributed by atoms with Gasteiger partial charge < -0.3 is 5.11 Å². The molecular formula is C11H21N5O3. The number of hydrogen-bond acceptors (Lipinski definition) is 4. The highest BCUT2D eigenvalue weighted by Crippen LogP contribution is 2.13. The molecule has 0 saturated heterocycles. The summed E-state index contributed by atoms with van der Waals surface area (Å²) in [5.74, 6) is -1.42. The van der Waals surface area contributed by atoms with Crippen LogP contribution in [0.3, 0.4) is 0 Å². The van der Waals surface area contributed by atoms with Gasteiger partial charge in [-0.3, -0.25) is 20.4 Å². The van der Waals surface area contributed by atoms with Crippen LogP contribution >= 0.6 is 0 Å². The molecule has 0 aromatic rings. The molecule has 0 aromatic heterocycles. The van der Waals surface area contributed by atoms with Crippen molar-refractivity contribution in [2.24, 2.45) is 16.4 Å². The van der Waals surface area contributed by atoms with Gasteiger partial charge in [0.05, 0.1) is 6.04 Å². The molecular weight excluding hydrogens is 250 g/mol. The third kappa shape index (κ3) is 5.58. The van der Waals surface area contributed by atoms with Crippen LogP contribution < -0.4 is 10.9 Å². The molecule has 0 aliphatic rings. The summed E-state index contributed by atoms with van der Waals surface area (Å²) in [6.45, 7) is 8.47. The van der Waals surface area contributed by atoms with Crippen LogP contribution in [0.1, 0.15) is 34.6 Å². The van der Waals surface area contributed by atoms with Crippen LogP contribution in [0.5, 0.6) is 0 Å². The maximum atomic E-state index is 11.6. The first kappa shape index (κ1) is 17.2. The molecule has 0 saturated carbocycles. The fourth-order valence-corrected chi connectivity index (χ4v) is 1.16. The number of amides is 2. The number of hydrogen-bond donors (Lipinski definition) is 3. The standard InChI is InChI=1S/C11H21N5O3/c1-6(2)7(13-16-12)8(17)9(18)14-15-10(19)11(3,4)5/h6-8,17H,1-5H3,(H,14,18)(H,15,19). The maximum Gasteiger partial charge on any atom is 0.267 e. The highest BCUT2D eigenvalue weighted by Gasteiger charge is 2.29. The number of rotatable bonds is 4. The van der Waals surface area contributed by atoms with Crippen molar-refractivity contribution in [3.05, 3.63) is 10.4 Å². The molecule has 19 heavy (non-hydrogen) atoms. The van der Waals surface area contributed by atoms with E-state index >= 15 is 0 Å². The van der Waals surface area contributed by atoms with Crippen molar-refractivity contribution in [2.75, 3.05) is 0 Å². The van der Waals surface area contributed by atoms with Gasteiger partial charge in [-0.1, -0.05) is 39.7 Å². The Morgan fingerprint density at radius 3 is 2.16 bits per heavy atom. The van der Waals surface area contributed by atoms with Crippen molar-refractivity contribution in [1.82, 2.24) is 10.9 Å². The Bertz CT molecular complexity index is 382. The van der Waals surface area contributed by atoms with Crippen molar-refractivity contribution >= 4 is 11.8 Å². The van der Waals surface area contributed by atoms with Crippen molar-refractivity contribution in [3.63, 3.8) is 0 Å². The second-order valence-corrected chi connectivity index (χ2v) is 5.58. The number of hydrazine groups is 1. The first-order valence-corrected chi connectivity index (χ1v) is 5.93. The molecule has 0 rings (SSSR count). The first-order valence-electron chi connectivity index (χ1n) is 5.93. The van der Waals surface area contributed by atoms with Crippen LogP contribution in [-0.2, 0) is 9.59 Å². The van der Waals surface area contributed by atoms with E-state index in [1.165, 1.54) is 0 Å². The molecule has 3 N–H and O–H groups in total. The topological polar surface area (TPSA) is 127 Å². The van der Waals surface area contributed by atoms with Gasteiger partial charge in [0.25, 0.3) is 5.91 Å². The Morgan fingerprint density at radius 2 is 1.79 bits per heavy atom. The van der Waals surface area contributed by atoms with Crippen molar-refractivity contribution < 1.29 is 14.7 Å². The van der Waals surface area contributed by atoms with E-state index < -0.39 is 29.4 Å². The maximum absolute atomic E-state index is 11.6. The van der Waals surface area contributed by atoms with Gasteiger partial charge in [-0.2, -0.15) is 0 Å². The second kappa shape index (κ2) is 6.96. The minimum Gasteiger partial charge on any atom is -0.383 e. The van der Waals surface area contributed by atoms with Gasteiger partial charge in [-0.25, -0.2) is 0 Å². The predicted octanol–water partition coefficient (Wildman–Crippen LogP) is 0.876. The van der Waals surface area contributed by atoms with E-state index in [4.69, 9.17) is 5.53 Å². The van der Waals surface area contributed by atoms with E-state index in [1.54, 1.807) is 34.6 Å². The summed E-state index contributed by atoms with van der Waals surface area (Å²) in [7, 11) is 0. The Labute approximate surface area is 112 Å². The lowest BCUT2D eigenvalue weighted by atomic mass is 9.96. The van der Waals surface area contributed by atoms with Gasteiger partial charge >= 0.3 is 0 Å². The normalized spacial score (nSPS) is 14.3. The second-order valence-electron chi connectivity index (χ2n) is 5.58. The Kier molecular flexibility index (Phi) is 6.31. The SMILES string of the molecule is CC(C)C(N=[N+]=[N-])C(O)C(=O)NNC(=O)C(C)(C)C. The van der Waals surface area contributed by atoms with Gasteiger partial charge in [0.15, 0.2) is 0 Å². The zero-order valence-electron chi connectivity index (χ0n) is 11.8. The largest absolute Gasteiger partial charge is 0.383 e. The molecule has 0 aromatic carbocycles. The van der Waals surface area contributed by atoms with Gasteiger partial charge in [-0.15, -0.1) is 0 Å². The summed E-state index contributed by atoms with van der Waals surface area (Å²) in [6, 6.07) is -0.892. The number of nitrogens with zero attached hydrogens (tertiary/aromatic N) is 3. The molecule has 0 heterocycles. The van der Waals surface area contributed by atoms with Crippen LogP contribution in [0.15, 0.2) is 5.11 Å². The smallest absolute Gasteiger partial charge is 0.267 e. The lowest BCUT2D eigenvalue weighted by Crippen LogP contribution is -2.52. The van der Waals surface area contributed by atoms with Crippen LogP contribution in [0.25, 0.3) is 10.4 Å². The molecule has 8 nitrogen and oxygen atoms in total. The predicted molar refractivity (Wildman–Crippen MR) is 69.5 cm³/mol. The molecule has 0 aliphatic carbocycles. The molecule has 0 bridgehead atoms. The fourth-order valence-electron chi connectivity index (χ4n) is 1.16. The zero-order valence-corrected chi connectivity index (χ0v) is 11.8. The quantitative estimate of drug-likeness (QED) is 0.304. The Balaban J connectivity index is 4.58. The lowest BCUT2D eigenvalue weighted by molar-refractivity contribution is -0.138. The monoisotopic (exact) mass is 271 g/mol. The molecule has 2 amide bonds. The average molecular weight is 271 g/mol. The van der Waals surface area contributed by atoms with Crippen LogP contribution in [0, 0.1) is 11.3 Å². The molecule has 2 unspecified atom stereocenters. The van der Waals surface area contributed by atoms with Crippen LogP contribution in [0.2, 0.25) is 0 Å². The highest BCUT2D eigenvalue weighted by molar-refractivity contribution is 5.86. The molecule has 0 radical (unpaired) electrons. The van der Waals surface area contributed by atoms with Crippen LogP contribution in [-0.4, -0.2) is 29.1 Å². The van der Waals surface area contributed by atoms with Gasteiger partial charge in [0, 0.05) is 10.3 Å². The van der Waals surface area contributed by atoms with Gasteiger partial charge in [0.2, 0.25) is 5.91 Å². The summed E-state index contributed by atoms with van der Waals surface area (Å²) in [6.07, 6.45) is -1.52. The summed E-state index contributed by atoms with van der Waals surface area (Å²) in [5.41, 5.74) is 12.0. The van der Waals surface area contributed by atoms with Crippen LogP contribution in [0.4, 0.5) is 0 Å². The Morgan fingerprint density at radius 1 is 1.26 bits per heavy atom. The first-order chi connectivity index (χ1) is 8.61. The third-order valence-electron chi connectivity index (χ3n) is 2.44. The van der Waals surface area contributed by atoms with Gasteiger partial charge in [0.1, 0.15) is 6.10 Å². The summed E-state index contributed by atoms with van der Waals surface area (Å²) >= 11 is 0. The molecule has 8 heteroatoms. The zero-order chi connectivity index (χ0) is 15.2. The lowest BCUT2D eigenvalue weighted by Gasteiger charge is -2.22. The fraction of sp³-hybridized carbons (Fsp3) is 0.818. The minimum absolute atomic E-state index is 0.213.